The average Bonchev–Trinajstić information content (AvgIpc) is 2.31. The summed E-state index contributed by atoms with van der Waals surface area (Å²) in [6, 6.07) is 0. The van der Waals surface area contributed by atoms with Gasteiger partial charge in [-0.2, -0.15) is 0 Å². The van der Waals surface area contributed by atoms with Gasteiger partial charge in [0, 0.05) is 0 Å². The molecule has 0 aromatic rings. The second-order valence-electron chi connectivity index (χ2n) is 4.83. The molecule has 0 atom stereocenters. The quantitative estimate of drug-likeness (QED) is 0.329. The van der Waals surface area contributed by atoms with Crippen molar-refractivity contribution in [2.45, 2.75) is 90.4 Å². The minimum Gasteiger partial charge on any atom is -0.244 e. The fourth-order valence-corrected chi connectivity index (χ4v) is 2.06. The molecular formula is C15H30F. The van der Waals surface area contributed by atoms with Gasteiger partial charge in [0.05, 0.1) is 0 Å². The van der Waals surface area contributed by atoms with Crippen LogP contribution in [0.5, 0.6) is 0 Å². The SMILES string of the molecule is CCCCCCCCCCCCCC[CH]F. The Balaban J connectivity index is 2.83. The summed E-state index contributed by atoms with van der Waals surface area (Å²) in [5.74, 6) is 0. The molecule has 1 radical (unpaired) electrons. The van der Waals surface area contributed by atoms with Gasteiger partial charge >= 0.3 is 0 Å². The van der Waals surface area contributed by atoms with Crippen LogP contribution in [-0.2, 0) is 0 Å². The van der Waals surface area contributed by atoms with Crippen LogP contribution in [0.15, 0.2) is 0 Å². The maximum Gasteiger partial charge on any atom is 0.131 e. The molecule has 0 saturated heterocycles. The van der Waals surface area contributed by atoms with Crippen LogP contribution < -0.4 is 0 Å². The van der Waals surface area contributed by atoms with Crippen molar-refractivity contribution < 1.29 is 4.39 Å². The molecule has 0 nitrogen and oxygen atoms in total. The second kappa shape index (κ2) is 14.9. The van der Waals surface area contributed by atoms with Crippen molar-refractivity contribution >= 4 is 0 Å². The van der Waals surface area contributed by atoms with E-state index in [1.807, 2.05) is 0 Å². The number of halogens is 1. The summed E-state index contributed by atoms with van der Waals surface area (Å²) >= 11 is 0. The fourth-order valence-electron chi connectivity index (χ4n) is 2.06. The van der Waals surface area contributed by atoms with Crippen LogP contribution in [0.25, 0.3) is 0 Å². The van der Waals surface area contributed by atoms with Crippen molar-refractivity contribution in [3.63, 3.8) is 0 Å². The third-order valence-electron chi connectivity index (χ3n) is 3.17. The van der Waals surface area contributed by atoms with Crippen molar-refractivity contribution in [1.82, 2.24) is 0 Å². The largest absolute Gasteiger partial charge is 0.244 e. The Bertz CT molecular complexity index is 98.0. The second-order valence-corrected chi connectivity index (χ2v) is 4.83. The first kappa shape index (κ1) is 15.9. The van der Waals surface area contributed by atoms with E-state index in [1.165, 1.54) is 70.6 Å². The first-order valence-electron chi connectivity index (χ1n) is 7.33. The number of unbranched alkanes of at least 4 members (excludes halogenated alkanes) is 12. The molecule has 0 aromatic heterocycles. The molecule has 0 aliphatic heterocycles. The van der Waals surface area contributed by atoms with E-state index in [9.17, 15) is 4.39 Å². The van der Waals surface area contributed by atoms with Gasteiger partial charge in [-0.25, -0.2) is 4.39 Å². The van der Waals surface area contributed by atoms with E-state index in [4.69, 9.17) is 0 Å². The van der Waals surface area contributed by atoms with Crippen LogP contribution in [0.2, 0.25) is 0 Å². The van der Waals surface area contributed by atoms with E-state index in [0.717, 1.165) is 13.1 Å². The molecule has 0 unspecified atom stereocenters. The zero-order chi connectivity index (χ0) is 11.9. The topological polar surface area (TPSA) is 0 Å². The van der Waals surface area contributed by atoms with Crippen molar-refractivity contribution in [3.8, 4) is 0 Å². The van der Waals surface area contributed by atoms with E-state index in [-0.39, 0.29) is 0 Å². The van der Waals surface area contributed by atoms with E-state index in [0.29, 0.717) is 6.42 Å². The molecular weight excluding hydrogens is 199 g/mol. The van der Waals surface area contributed by atoms with E-state index in [2.05, 4.69) is 6.92 Å². The fraction of sp³-hybridized carbons (Fsp3) is 0.933. The lowest BCUT2D eigenvalue weighted by Gasteiger charge is -2.02. The maximum atomic E-state index is 11.7. The molecule has 16 heavy (non-hydrogen) atoms. The normalized spacial score (nSPS) is 10.9. The Labute approximate surface area is 102 Å². The standard InChI is InChI=1S/C15H30F/c1-2-3-4-5-6-7-8-9-10-11-12-13-14-15-16/h15H,2-14H2,1H3. The molecule has 0 rings (SSSR count). The van der Waals surface area contributed by atoms with Crippen LogP contribution in [-0.4, -0.2) is 0 Å². The third-order valence-corrected chi connectivity index (χ3v) is 3.17. The predicted molar refractivity (Wildman–Crippen MR) is 71.1 cm³/mol. The molecule has 97 valence electrons. The average molecular weight is 229 g/mol. The summed E-state index contributed by atoms with van der Waals surface area (Å²) in [7, 11) is 0. The van der Waals surface area contributed by atoms with Gasteiger partial charge in [-0.1, -0.05) is 84.0 Å². The van der Waals surface area contributed by atoms with E-state index >= 15 is 0 Å². The Morgan fingerprint density at radius 1 is 0.625 bits per heavy atom. The zero-order valence-corrected chi connectivity index (χ0v) is 11.1. The molecule has 0 bridgehead atoms. The first-order valence-corrected chi connectivity index (χ1v) is 7.33. The highest BCUT2D eigenvalue weighted by atomic mass is 19.1. The highest BCUT2D eigenvalue weighted by Crippen LogP contribution is 2.12. The summed E-state index contributed by atoms with van der Waals surface area (Å²) in [4.78, 5) is 0. The van der Waals surface area contributed by atoms with Crippen molar-refractivity contribution in [1.29, 1.82) is 0 Å². The maximum absolute atomic E-state index is 11.7. The number of hydrogen-bond donors (Lipinski definition) is 0. The molecule has 0 aliphatic carbocycles. The minimum atomic E-state index is 0.650. The lowest BCUT2D eigenvalue weighted by molar-refractivity contribution is 0.519. The summed E-state index contributed by atoms with van der Waals surface area (Å²) < 4.78 is 11.7. The van der Waals surface area contributed by atoms with Crippen LogP contribution in [0.1, 0.15) is 90.4 Å². The molecule has 0 amide bonds. The monoisotopic (exact) mass is 229 g/mol. The minimum absolute atomic E-state index is 0.650. The Morgan fingerprint density at radius 3 is 1.38 bits per heavy atom. The summed E-state index contributed by atoms with van der Waals surface area (Å²) in [6.07, 6.45) is 16.8. The van der Waals surface area contributed by atoms with Crippen LogP contribution >= 0.6 is 0 Å². The van der Waals surface area contributed by atoms with Crippen molar-refractivity contribution in [3.05, 3.63) is 6.67 Å². The lowest BCUT2D eigenvalue weighted by atomic mass is 10.0. The Hall–Kier alpha value is -0.0700. The highest BCUT2D eigenvalue weighted by molar-refractivity contribution is 4.51. The first-order chi connectivity index (χ1) is 7.91. The van der Waals surface area contributed by atoms with Crippen LogP contribution in [0.4, 0.5) is 4.39 Å². The van der Waals surface area contributed by atoms with E-state index in [1.54, 1.807) is 0 Å². The smallest absolute Gasteiger partial charge is 0.131 e. The van der Waals surface area contributed by atoms with Gasteiger partial charge < -0.3 is 0 Å². The molecule has 0 fully saturated rings. The van der Waals surface area contributed by atoms with Gasteiger partial charge in [-0.05, 0) is 6.42 Å². The molecule has 0 N–H and O–H groups in total. The van der Waals surface area contributed by atoms with Gasteiger partial charge in [0.25, 0.3) is 0 Å². The van der Waals surface area contributed by atoms with Gasteiger partial charge in [0.1, 0.15) is 6.67 Å². The molecule has 0 aromatic carbocycles. The van der Waals surface area contributed by atoms with Crippen LogP contribution in [0.3, 0.4) is 0 Å². The zero-order valence-electron chi connectivity index (χ0n) is 11.1. The van der Waals surface area contributed by atoms with E-state index < -0.39 is 0 Å². The van der Waals surface area contributed by atoms with Crippen molar-refractivity contribution in [2.24, 2.45) is 0 Å². The lowest BCUT2D eigenvalue weighted by Crippen LogP contribution is -1.82. The number of rotatable bonds is 13. The van der Waals surface area contributed by atoms with Gasteiger partial charge in [-0.15, -0.1) is 0 Å². The molecule has 0 heterocycles. The van der Waals surface area contributed by atoms with Gasteiger partial charge in [0.2, 0.25) is 0 Å². The molecule has 0 aliphatic rings. The highest BCUT2D eigenvalue weighted by Gasteiger charge is 1.93. The van der Waals surface area contributed by atoms with Crippen molar-refractivity contribution in [2.75, 3.05) is 0 Å². The number of hydrogen-bond acceptors (Lipinski definition) is 0. The Morgan fingerprint density at radius 2 is 1.00 bits per heavy atom. The molecule has 1 heteroatoms. The summed E-state index contributed by atoms with van der Waals surface area (Å²) in [6.45, 7) is 3.05. The van der Waals surface area contributed by atoms with Gasteiger partial charge in [0.15, 0.2) is 0 Å². The summed E-state index contributed by atoms with van der Waals surface area (Å²) in [5, 5.41) is 0. The summed E-state index contributed by atoms with van der Waals surface area (Å²) in [5.41, 5.74) is 0. The van der Waals surface area contributed by atoms with Gasteiger partial charge in [-0.3, -0.25) is 0 Å². The molecule has 0 saturated carbocycles. The molecule has 0 spiro atoms. The third kappa shape index (κ3) is 13.9. The van der Waals surface area contributed by atoms with Crippen LogP contribution in [0, 0.1) is 6.67 Å². The Kier molecular flexibility index (Phi) is 14.9. The predicted octanol–water partition coefficient (Wildman–Crippen LogP) is 6.21.